The summed E-state index contributed by atoms with van der Waals surface area (Å²) in [5, 5.41) is 9.94. The molecule has 0 amide bonds. The van der Waals surface area contributed by atoms with Gasteiger partial charge in [-0.1, -0.05) is 6.92 Å². The fourth-order valence-corrected chi connectivity index (χ4v) is 4.82. The summed E-state index contributed by atoms with van der Waals surface area (Å²) in [6, 6.07) is 9.67. The second-order valence-corrected chi connectivity index (χ2v) is 9.15. The number of carboxylic acids is 1. The monoisotopic (exact) mass is 420 g/mol. The Morgan fingerprint density at radius 3 is 2.77 bits per heavy atom. The van der Waals surface area contributed by atoms with Crippen molar-refractivity contribution in [2.75, 3.05) is 11.4 Å². The number of aromatic nitrogens is 1. The van der Waals surface area contributed by atoms with Crippen LogP contribution in [0, 0.1) is 6.92 Å². The van der Waals surface area contributed by atoms with Crippen LogP contribution in [-0.4, -0.2) is 28.1 Å². The maximum Gasteiger partial charge on any atom is 0.344 e. The van der Waals surface area contributed by atoms with E-state index in [9.17, 15) is 9.59 Å². The van der Waals surface area contributed by atoms with Crippen LogP contribution in [0.4, 0.5) is 5.69 Å². The lowest BCUT2D eigenvalue weighted by Crippen LogP contribution is -2.48. The molecule has 0 saturated carbocycles. The van der Waals surface area contributed by atoms with E-state index in [4.69, 9.17) is 9.52 Å². The molecule has 162 valence electrons. The molecule has 3 aromatic rings. The Bertz CT molecular complexity index is 1210. The number of hydrogen-bond acceptors (Lipinski definition) is 5. The Morgan fingerprint density at radius 1 is 1.29 bits per heavy atom. The van der Waals surface area contributed by atoms with E-state index >= 15 is 0 Å². The van der Waals surface area contributed by atoms with E-state index in [0.29, 0.717) is 30.0 Å². The zero-order chi connectivity index (χ0) is 22.3. The van der Waals surface area contributed by atoms with Gasteiger partial charge in [0.2, 0.25) is 0 Å². The van der Waals surface area contributed by atoms with Crippen LogP contribution in [0.1, 0.15) is 57.2 Å². The minimum Gasteiger partial charge on any atom is -0.481 e. The highest BCUT2D eigenvalue weighted by Crippen LogP contribution is 2.45. The van der Waals surface area contributed by atoms with Gasteiger partial charge in [0.25, 0.3) is 0 Å². The predicted octanol–water partition coefficient (Wildman–Crippen LogP) is 5.12. The molecular formula is C25H28N2O4. The predicted molar refractivity (Wildman–Crippen MR) is 122 cm³/mol. The van der Waals surface area contributed by atoms with E-state index in [0.717, 1.165) is 28.8 Å². The number of carbonyl (C=O) groups is 1. The molecule has 1 unspecified atom stereocenters. The molecule has 1 N–H and O–H groups in total. The average molecular weight is 421 g/mol. The van der Waals surface area contributed by atoms with Crippen molar-refractivity contribution in [2.45, 2.75) is 58.4 Å². The number of pyridine rings is 1. The Balaban J connectivity index is 1.82. The number of nitrogens with zero attached hydrogens (tertiary/aromatic N) is 2. The first-order valence-corrected chi connectivity index (χ1v) is 10.7. The first kappa shape index (κ1) is 21.1. The van der Waals surface area contributed by atoms with Gasteiger partial charge < -0.3 is 14.4 Å². The number of aryl methyl sites for hydroxylation is 1. The summed E-state index contributed by atoms with van der Waals surface area (Å²) in [5.41, 5.74) is 4.45. The molecule has 0 aliphatic carbocycles. The molecule has 0 spiro atoms. The van der Waals surface area contributed by atoms with Gasteiger partial charge in [-0.15, -0.1) is 0 Å². The van der Waals surface area contributed by atoms with Crippen molar-refractivity contribution in [2.24, 2.45) is 0 Å². The molecule has 0 fully saturated rings. The minimum absolute atomic E-state index is 0.118. The van der Waals surface area contributed by atoms with Gasteiger partial charge in [0.1, 0.15) is 5.58 Å². The third-order valence-corrected chi connectivity index (χ3v) is 6.22. The molecule has 1 aliphatic rings. The number of rotatable bonds is 5. The number of hydrogen-bond donors (Lipinski definition) is 1. The molecule has 1 atom stereocenters. The Hall–Kier alpha value is -3.15. The van der Waals surface area contributed by atoms with Crippen LogP contribution in [0.15, 0.2) is 45.7 Å². The smallest absolute Gasteiger partial charge is 0.344 e. The highest BCUT2D eigenvalue weighted by molar-refractivity contribution is 5.87. The number of fused-ring (bicyclic) bond motifs is 2. The highest BCUT2D eigenvalue weighted by atomic mass is 16.4. The van der Waals surface area contributed by atoms with Crippen molar-refractivity contribution in [1.82, 2.24) is 4.98 Å². The summed E-state index contributed by atoms with van der Waals surface area (Å²) in [4.78, 5) is 30.3. The summed E-state index contributed by atoms with van der Waals surface area (Å²) in [7, 11) is 0. The third-order valence-electron chi connectivity index (χ3n) is 6.22. The van der Waals surface area contributed by atoms with Crippen LogP contribution >= 0.6 is 0 Å². The van der Waals surface area contributed by atoms with Crippen molar-refractivity contribution in [3.8, 4) is 11.1 Å². The van der Waals surface area contributed by atoms with E-state index in [-0.39, 0.29) is 17.6 Å². The van der Waals surface area contributed by atoms with Crippen LogP contribution in [0.5, 0.6) is 0 Å². The fourth-order valence-electron chi connectivity index (χ4n) is 4.82. The fraction of sp³-hybridized carbons (Fsp3) is 0.400. The van der Waals surface area contributed by atoms with Crippen molar-refractivity contribution in [1.29, 1.82) is 0 Å². The summed E-state index contributed by atoms with van der Waals surface area (Å²) < 4.78 is 5.75. The molecule has 0 bridgehead atoms. The third kappa shape index (κ3) is 4.07. The lowest BCUT2D eigenvalue weighted by atomic mass is 9.79. The molecule has 4 rings (SSSR count). The largest absolute Gasteiger partial charge is 0.481 e. The molecule has 0 saturated heterocycles. The van der Waals surface area contributed by atoms with Crippen LogP contribution in [0.2, 0.25) is 0 Å². The number of anilines is 1. The molecule has 2 aromatic heterocycles. The molecule has 1 aliphatic heterocycles. The van der Waals surface area contributed by atoms with Crippen molar-refractivity contribution in [3.05, 3.63) is 58.2 Å². The van der Waals surface area contributed by atoms with Gasteiger partial charge in [-0.3, -0.25) is 9.78 Å². The molecule has 1 aromatic carbocycles. The van der Waals surface area contributed by atoms with Gasteiger partial charge in [-0.25, -0.2) is 4.79 Å². The van der Waals surface area contributed by atoms with E-state index < -0.39 is 5.97 Å². The van der Waals surface area contributed by atoms with Gasteiger partial charge in [-0.2, -0.15) is 0 Å². The zero-order valence-corrected chi connectivity index (χ0v) is 18.4. The number of aliphatic carboxylic acids is 1. The quantitative estimate of drug-likeness (QED) is 0.577. The minimum atomic E-state index is -0.785. The maximum atomic E-state index is 12.8. The van der Waals surface area contributed by atoms with Crippen LogP contribution in [0.3, 0.4) is 0 Å². The lowest BCUT2D eigenvalue weighted by Gasteiger charge is -2.47. The Labute approximate surface area is 181 Å². The van der Waals surface area contributed by atoms with Gasteiger partial charge in [0.15, 0.2) is 0 Å². The lowest BCUT2D eigenvalue weighted by molar-refractivity contribution is -0.137. The highest BCUT2D eigenvalue weighted by Gasteiger charge is 2.36. The molecular weight excluding hydrogens is 392 g/mol. The topological polar surface area (TPSA) is 83.6 Å². The van der Waals surface area contributed by atoms with Crippen molar-refractivity contribution in [3.63, 3.8) is 0 Å². The molecule has 31 heavy (non-hydrogen) atoms. The Kier molecular flexibility index (Phi) is 5.33. The van der Waals surface area contributed by atoms with Gasteiger partial charge in [-0.05, 0) is 74.9 Å². The normalized spacial score (nSPS) is 17.5. The summed E-state index contributed by atoms with van der Waals surface area (Å²) >= 11 is 0. The van der Waals surface area contributed by atoms with Crippen LogP contribution in [-0.2, 0) is 4.79 Å². The molecule has 0 radical (unpaired) electrons. The van der Waals surface area contributed by atoms with Gasteiger partial charge in [0, 0.05) is 47.5 Å². The number of benzene rings is 1. The van der Waals surface area contributed by atoms with E-state index in [1.165, 1.54) is 5.56 Å². The summed E-state index contributed by atoms with van der Waals surface area (Å²) in [6.45, 7) is 9.12. The van der Waals surface area contributed by atoms with Crippen molar-refractivity contribution < 1.29 is 14.3 Å². The van der Waals surface area contributed by atoms with E-state index in [1.807, 2.05) is 31.2 Å². The van der Waals surface area contributed by atoms with Gasteiger partial charge >= 0.3 is 11.6 Å². The van der Waals surface area contributed by atoms with Gasteiger partial charge in [0.05, 0.1) is 5.56 Å². The first-order valence-electron chi connectivity index (χ1n) is 10.7. The Morgan fingerprint density at radius 2 is 2.06 bits per heavy atom. The summed E-state index contributed by atoms with van der Waals surface area (Å²) in [6.07, 6.45) is 3.36. The summed E-state index contributed by atoms with van der Waals surface area (Å²) in [5.74, 6) is -0.449. The number of carboxylic acid groups (broad SMARTS) is 1. The standard InChI is InChI=1S/C25H28N2O4/c1-15-14-25(3,4)27(9-5-6-23(28)29)21-13-22-18(11-19(15)21)12-20(24(30)31-22)17-7-8-26-16(2)10-17/h7-8,10-13,15H,5-6,9,14H2,1-4H3,(H,28,29). The zero-order valence-electron chi connectivity index (χ0n) is 18.4. The average Bonchev–Trinajstić information content (AvgIpc) is 2.68. The van der Waals surface area contributed by atoms with Crippen LogP contribution < -0.4 is 10.5 Å². The second-order valence-electron chi connectivity index (χ2n) is 9.15. The molecule has 6 nitrogen and oxygen atoms in total. The second kappa shape index (κ2) is 7.84. The first-order chi connectivity index (χ1) is 14.7. The van der Waals surface area contributed by atoms with E-state index in [2.05, 4.69) is 36.7 Å². The molecule has 3 heterocycles. The van der Waals surface area contributed by atoms with Crippen molar-refractivity contribution >= 4 is 22.6 Å². The maximum absolute atomic E-state index is 12.8. The molecule has 6 heteroatoms. The van der Waals surface area contributed by atoms with Crippen LogP contribution in [0.25, 0.3) is 22.1 Å². The SMILES string of the molecule is Cc1cc(-c2cc3cc4c(cc3oc2=O)N(CCCC(=O)O)C(C)(C)CC4C)ccn1. The van der Waals surface area contributed by atoms with E-state index in [1.54, 1.807) is 6.20 Å².